The molecule has 19 heavy (non-hydrogen) atoms. The lowest BCUT2D eigenvalue weighted by atomic mass is 10.1. The van der Waals surface area contributed by atoms with Gasteiger partial charge in [-0.1, -0.05) is 13.0 Å². The minimum Gasteiger partial charge on any atom is -0.399 e. The zero-order chi connectivity index (χ0) is 13.2. The molecule has 3 rings (SSSR count). The average molecular weight is 272 g/mol. The van der Waals surface area contributed by atoms with Gasteiger partial charge in [0.2, 0.25) is 0 Å². The van der Waals surface area contributed by atoms with Crippen LogP contribution in [0.3, 0.4) is 0 Å². The maximum atomic E-state index is 5.85. The molecule has 1 aliphatic carbocycles. The number of hydrogen-bond acceptors (Lipinski definition) is 3. The molecule has 0 amide bonds. The Balaban J connectivity index is 1.70. The highest BCUT2D eigenvalue weighted by Crippen LogP contribution is 2.32. The molecule has 1 atom stereocenters. The maximum absolute atomic E-state index is 5.85. The molecule has 0 aliphatic heterocycles. The first-order valence-corrected chi connectivity index (χ1v) is 7.83. The molecule has 1 heterocycles. The highest BCUT2D eigenvalue weighted by atomic mass is 32.1. The number of fused-ring (bicyclic) bond motifs is 1. The van der Waals surface area contributed by atoms with Crippen molar-refractivity contribution >= 4 is 17.0 Å². The molecule has 0 spiro atoms. The Morgan fingerprint density at radius 3 is 3.11 bits per heavy atom. The summed E-state index contributed by atoms with van der Waals surface area (Å²) in [5.41, 5.74) is 11.1. The monoisotopic (exact) mass is 272 g/mol. The molecule has 1 aliphatic rings. The summed E-state index contributed by atoms with van der Waals surface area (Å²) in [6, 6.07) is 9.05. The Bertz CT molecular complexity index is 574. The number of nitrogens with one attached hydrogen (secondary N) is 1. The van der Waals surface area contributed by atoms with Gasteiger partial charge in [0.25, 0.3) is 0 Å². The molecule has 100 valence electrons. The molecule has 0 bridgehead atoms. The van der Waals surface area contributed by atoms with Crippen LogP contribution in [0.4, 0.5) is 5.69 Å². The highest BCUT2D eigenvalue weighted by Gasteiger charge is 2.22. The first-order valence-electron chi connectivity index (χ1n) is 6.95. The van der Waals surface area contributed by atoms with E-state index in [4.69, 9.17) is 5.73 Å². The number of hydrogen-bond donors (Lipinski definition) is 2. The van der Waals surface area contributed by atoms with Crippen LogP contribution in [0.15, 0.2) is 29.6 Å². The van der Waals surface area contributed by atoms with Crippen LogP contribution in [0.25, 0.3) is 0 Å². The number of anilines is 1. The van der Waals surface area contributed by atoms with Crippen molar-refractivity contribution in [2.45, 2.75) is 38.8 Å². The fourth-order valence-electron chi connectivity index (χ4n) is 2.90. The zero-order valence-corrected chi connectivity index (χ0v) is 12.1. The van der Waals surface area contributed by atoms with E-state index in [1.165, 1.54) is 28.0 Å². The van der Waals surface area contributed by atoms with Gasteiger partial charge >= 0.3 is 0 Å². The van der Waals surface area contributed by atoms with Crippen molar-refractivity contribution in [3.8, 4) is 0 Å². The molecular weight excluding hydrogens is 252 g/mol. The lowest BCUT2D eigenvalue weighted by molar-refractivity contribution is 0.532. The SMILES string of the molecule is CCc1ccsc1CNC1CCc2cc(N)ccc21. The molecule has 2 nitrogen and oxygen atoms in total. The second kappa shape index (κ2) is 5.35. The number of nitrogen functional groups attached to an aromatic ring is 1. The van der Waals surface area contributed by atoms with Gasteiger partial charge in [0, 0.05) is 23.2 Å². The summed E-state index contributed by atoms with van der Waals surface area (Å²) in [6.07, 6.45) is 3.45. The quantitative estimate of drug-likeness (QED) is 0.833. The van der Waals surface area contributed by atoms with Gasteiger partial charge in [-0.15, -0.1) is 11.3 Å². The summed E-state index contributed by atoms with van der Waals surface area (Å²) < 4.78 is 0. The van der Waals surface area contributed by atoms with Crippen LogP contribution in [0, 0.1) is 0 Å². The van der Waals surface area contributed by atoms with E-state index in [0.717, 1.165) is 25.1 Å². The average Bonchev–Trinajstić information content (AvgIpc) is 3.01. The van der Waals surface area contributed by atoms with Crippen molar-refractivity contribution < 1.29 is 0 Å². The predicted molar refractivity (Wildman–Crippen MR) is 82.5 cm³/mol. The summed E-state index contributed by atoms with van der Waals surface area (Å²) >= 11 is 1.86. The number of nitrogens with two attached hydrogens (primary N) is 1. The van der Waals surface area contributed by atoms with Crippen LogP contribution in [0.2, 0.25) is 0 Å². The van der Waals surface area contributed by atoms with Crippen LogP contribution < -0.4 is 11.1 Å². The molecule has 0 radical (unpaired) electrons. The minimum atomic E-state index is 0.488. The topological polar surface area (TPSA) is 38.0 Å². The molecule has 0 saturated heterocycles. The van der Waals surface area contributed by atoms with Crippen LogP contribution in [0.1, 0.15) is 41.0 Å². The van der Waals surface area contributed by atoms with Crippen LogP contribution >= 0.6 is 11.3 Å². The second-order valence-electron chi connectivity index (χ2n) is 5.15. The van der Waals surface area contributed by atoms with Gasteiger partial charge in [-0.2, -0.15) is 0 Å². The normalized spacial score (nSPS) is 17.6. The molecule has 3 heteroatoms. The van der Waals surface area contributed by atoms with Crippen LogP contribution in [-0.4, -0.2) is 0 Å². The summed E-state index contributed by atoms with van der Waals surface area (Å²) in [5.74, 6) is 0. The van der Waals surface area contributed by atoms with Gasteiger partial charge in [0.1, 0.15) is 0 Å². The largest absolute Gasteiger partial charge is 0.399 e. The van der Waals surface area contributed by atoms with Crippen molar-refractivity contribution in [2.75, 3.05) is 5.73 Å². The molecule has 0 fully saturated rings. The van der Waals surface area contributed by atoms with E-state index < -0.39 is 0 Å². The van der Waals surface area contributed by atoms with E-state index in [1.54, 1.807) is 0 Å². The third-order valence-corrected chi connectivity index (χ3v) is 4.94. The van der Waals surface area contributed by atoms with Gasteiger partial charge in [-0.25, -0.2) is 0 Å². The third kappa shape index (κ3) is 2.53. The molecule has 1 unspecified atom stereocenters. The Morgan fingerprint density at radius 1 is 1.37 bits per heavy atom. The van der Waals surface area contributed by atoms with Gasteiger partial charge < -0.3 is 11.1 Å². The third-order valence-electron chi connectivity index (χ3n) is 3.97. The Morgan fingerprint density at radius 2 is 2.26 bits per heavy atom. The first kappa shape index (κ1) is 12.7. The lowest BCUT2D eigenvalue weighted by Gasteiger charge is -2.14. The van der Waals surface area contributed by atoms with Gasteiger partial charge in [0.05, 0.1) is 0 Å². The van der Waals surface area contributed by atoms with E-state index in [1.807, 2.05) is 17.4 Å². The van der Waals surface area contributed by atoms with E-state index in [-0.39, 0.29) is 0 Å². The number of rotatable bonds is 4. The Kier molecular flexibility index (Phi) is 3.58. The Hall–Kier alpha value is -1.32. The molecule has 1 aromatic carbocycles. The summed E-state index contributed by atoms with van der Waals surface area (Å²) in [7, 11) is 0. The van der Waals surface area contributed by atoms with Crippen molar-refractivity contribution in [3.05, 3.63) is 51.2 Å². The zero-order valence-electron chi connectivity index (χ0n) is 11.3. The van der Waals surface area contributed by atoms with E-state index in [0.29, 0.717) is 6.04 Å². The fraction of sp³-hybridized carbons (Fsp3) is 0.375. The predicted octanol–water partition coefficient (Wildman–Crippen LogP) is 3.67. The second-order valence-corrected chi connectivity index (χ2v) is 6.15. The summed E-state index contributed by atoms with van der Waals surface area (Å²) in [6.45, 7) is 3.20. The van der Waals surface area contributed by atoms with Crippen molar-refractivity contribution in [2.24, 2.45) is 0 Å². The molecular formula is C16H20N2S. The number of benzene rings is 1. The fourth-order valence-corrected chi connectivity index (χ4v) is 3.83. The standard InChI is InChI=1S/C16H20N2S/c1-2-11-7-8-19-16(11)10-18-15-6-3-12-9-13(17)4-5-14(12)15/h4-5,7-9,15,18H,2-3,6,10,17H2,1H3. The lowest BCUT2D eigenvalue weighted by Crippen LogP contribution is -2.18. The van der Waals surface area contributed by atoms with Crippen LogP contribution in [-0.2, 0) is 19.4 Å². The molecule has 1 aromatic heterocycles. The number of aryl methyl sites for hydroxylation is 2. The summed E-state index contributed by atoms with van der Waals surface area (Å²) in [4.78, 5) is 1.48. The van der Waals surface area contributed by atoms with Crippen molar-refractivity contribution in [1.29, 1.82) is 0 Å². The van der Waals surface area contributed by atoms with E-state index in [2.05, 4.69) is 35.8 Å². The number of thiophene rings is 1. The Labute approximate surface area is 118 Å². The van der Waals surface area contributed by atoms with Gasteiger partial charge in [-0.3, -0.25) is 0 Å². The molecule has 0 saturated carbocycles. The van der Waals surface area contributed by atoms with E-state index in [9.17, 15) is 0 Å². The smallest absolute Gasteiger partial charge is 0.0329 e. The minimum absolute atomic E-state index is 0.488. The highest BCUT2D eigenvalue weighted by molar-refractivity contribution is 7.10. The molecule has 2 aromatic rings. The van der Waals surface area contributed by atoms with Crippen molar-refractivity contribution in [3.63, 3.8) is 0 Å². The van der Waals surface area contributed by atoms with Gasteiger partial charge in [0.15, 0.2) is 0 Å². The molecule has 3 N–H and O–H groups in total. The van der Waals surface area contributed by atoms with E-state index >= 15 is 0 Å². The van der Waals surface area contributed by atoms with Crippen LogP contribution in [0.5, 0.6) is 0 Å². The first-order chi connectivity index (χ1) is 9.28. The van der Waals surface area contributed by atoms with Crippen molar-refractivity contribution in [1.82, 2.24) is 5.32 Å². The summed E-state index contributed by atoms with van der Waals surface area (Å²) in [5, 5.41) is 5.90. The maximum Gasteiger partial charge on any atom is 0.0329 e. The van der Waals surface area contributed by atoms with Gasteiger partial charge in [-0.05, 0) is 59.5 Å².